The zero-order chi connectivity index (χ0) is 17.1. The van der Waals surface area contributed by atoms with Gasteiger partial charge in [-0.25, -0.2) is 4.99 Å². The van der Waals surface area contributed by atoms with E-state index in [0.29, 0.717) is 18.3 Å². The molecule has 1 rings (SSSR count). The van der Waals surface area contributed by atoms with Gasteiger partial charge in [-0.1, -0.05) is 38.3 Å². The molecule has 0 aliphatic carbocycles. The van der Waals surface area contributed by atoms with Crippen molar-refractivity contribution in [1.29, 1.82) is 0 Å². The Morgan fingerprint density at radius 1 is 1.30 bits per heavy atom. The first-order valence-corrected chi connectivity index (χ1v) is 8.52. The lowest BCUT2D eigenvalue weighted by atomic mass is 10.1. The standard InChI is InChI=1S/C18H31N3O2/c1-5-7-8-10-14(3)21-18(19-6-2)20-13-15-11-9-12-16(23-4)17(15)22/h9,11-12,14,22H,5-8,10,13H2,1-4H3,(H2,19,20,21). The first-order chi connectivity index (χ1) is 11.1. The summed E-state index contributed by atoms with van der Waals surface area (Å²) in [7, 11) is 1.55. The highest BCUT2D eigenvalue weighted by molar-refractivity contribution is 5.80. The molecule has 3 N–H and O–H groups in total. The van der Waals surface area contributed by atoms with Gasteiger partial charge in [0.15, 0.2) is 17.5 Å². The minimum Gasteiger partial charge on any atom is -0.504 e. The second-order valence-electron chi connectivity index (χ2n) is 5.70. The number of nitrogens with zero attached hydrogens (tertiary/aromatic N) is 1. The molecule has 0 aliphatic rings. The number of nitrogens with one attached hydrogen (secondary N) is 2. The molecule has 5 heteroatoms. The van der Waals surface area contributed by atoms with Gasteiger partial charge in [-0.05, 0) is 26.3 Å². The van der Waals surface area contributed by atoms with Crippen LogP contribution in [0.2, 0.25) is 0 Å². The summed E-state index contributed by atoms with van der Waals surface area (Å²) in [6.45, 7) is 7.63. The van der Waals surface area contributed by atoms with E-state index in [1.54, 1.807) is 13.2 Å². The van der Waals surface area contributed by atoms with Gasteiger partial charge in [0.1, 0.15) is 0 Å². The summed E-state index contributed by atoms with van der Waals surface area (Å²) in [5.41, 5.74) is 0.750. The molecule has 5 nitrogen and oxygen atoms in total. The van der Waals surface area contributed by atoms with Crippen LogP contribution in [-0.2, 0) is 6.54 Å². The Bertz CT molecular complexity index is 489. The zero-order valence-electron chi connectivity index (χ0n) is 14.9. The number of guanidine groups is 1. The molecule has 1 aromatic carbocycles. The smallest absolute Gasteiger partial charge is 0.191 e. The van der Waals surface area contributed by atoms with E-state index in [2.05, 4.69) is 29.5 Å². The minimum absolute atomic E-state index is 0.158. The van der Waals surface area contributed by atoms with Crippen LogP contribution in [0, 0.1) is 0 Å². The number of phenolic OH excluding ortho intramolecular Hbond substituents is 1. The van der Waals surface area contributed by atoms with Crippen molar-refractivity contribution in [3.05, 3.63) is 23.8 Å². The fraction of sp³-hybridized carbons (Fsp3) is 0.611. The van der Waals surface area contributed by atoms with Crippen molar-refractivity contribution in [1.82, 2.24) is 10.6 Å². The Kier molecular flexibility index (Phi) is 8.95. The summed E-state index contributed by atoms with van der Waals surface area (Å²) >= 11 is 0. The monoisotopic (exact) mass is 321 g/mol. The number of hydrogen-bond donors (Lipinski definition) is 3. The van der Waals surface area contributed by atoms with Crippen LogP contribution < -0.4 is 15.4 Å². The average Bonchev–Trinajstić information content (AvgIpc) is 2.54. The van der Waals surface area contributed by atoms with Gasteiger partial charge in [0.05, 0.1) is 13.7 Å². The third kappa shape index (κ3) is 6.80. The molecule has 0 saturated heterocycles. The van der Waals surface area contributed by atoms with E-state index in [4.69, 9.17) is 4.74 Å². The topological polar surface area (TPSA) is 65.9 Å². The number of ether oxygens (including phenoxy) is 1. The highest BCUT2D eigenvalue weighted by Gasteiger charge is 2.08. The number of unbranched alkanes of at least 4 members (excludes halogenated alkanes) is 2. The Morgan fingerprint density at radius 3 is 2.74 bits per heavy atom. The summed E-state index contributed by atoms with van der Waals surface area (Å²) in [5, 5.41) is 16.8. The molecule has 0 aliphatic heterocycles. The molecule has 0 bridgehead atoms. The molecule has 0 spiro atoms. The molecule has 130 valence electrons. The van der Waals surface area contributed by atoms with E-state index >= 15 is 0 Å². The molecular formula is C18H31N3O2. The summed E-state index contributed by atoms with van der Waals surface area (Å²) < 4.78 is 5.13. The quantitative estimate of drug-likeness (QED) is 0.370. The van der Waals surface area contributed by atoms with E-state index in [9.17, 15) is 5.11 Å². The molecule has 0 fully saturated rings. The van der Waals surface area contributed by atoms with E-state index in [-0.39, 0.29) is 5.75 Å². The van der Waals surface area contributed by atoms with Gasteiger partial charge in [0.25, 0.3) is 0 Å². The van der Waals surface area contributed by atoms with Crippen molar-refractivity contribution < 1.29 is 9.84 Å². The van der Waals surface area contributed by atoms with Crippen LogP contribution in [-0.4, -0.2) is 30.8 Å². The molecule has 0 aromatic heterocycles. The number of rotatable bonds is 9. The van der Waals surface area contributed by atoms with Crippen LogP contribution in [0.5, 0.6) is 11.5 Å². The second-order valence-corrected chi connectivity index (χ2v) is 5.70. The lowest BCUT2D eigenvalue weighted by Crippen LogP contribution is -2.42. The van der Waals surface area contributed by atoms with Crippen LogP contribution >= 0.6 is 0 Å². The number of para-hydroxylation sites is 1. The van der Waals surface area contributed by atoms with Crippen molar-refractivity contribution in [2.45, 2.75) is 59.0 Å². The van der Waals surface area contributed by atoms with Gasteiger partial charge in [0, 0.05) is 18.2 Å². The molecule has 0 radical (unpaired) electrons. The predicted octanol–water partition coefficient (Wildman–Crippen LogP) is 3.42. The number of aliphatic imine (C=N–C) groups is 1. The molecule has 1 aromatic rings. The Morgan fingerprint density at radius 2 is 2.09 bits per heavy atom. The summed E-state index contributed by atoms with van der Waals surface area (Å²) in [6.07, 6.45) is 4.84. The zero-order valence-corrected chi connectivity index (χ0v) is 14.9. The third-order valence-electron chi connectivity index (χ3n) is 3.68. The molecule has 0 amide bonds. The van der Waals surface area contributed by atoms with Gasteiger partial charge in [-0.15, -0.1) is 0 Å². The van der Waals surface area contributed by atoms with Crippen molar-refractivity contribution in [2.24, 2.45) is 4.99 Å². The Balaban J connectivity index is 2.68. The third-order valence-corrected chi connectivity index (χ3v) is 3.68. The molecule has 0 saturated carbocycles. The number of hydrogen-bond acceptors (Lipinski definition) is 3. The first-order valence-electron chi connectivity index (χ1n) is 8.52. The fourth-order valence-corrected chi connectivity index (χ4v) is 2.35. The minimum atomic E-state index is 0.158. The molecule has 23 heavy (non-hydrogen) atoms. The molecular weight excluding hydrogens is 290 g/mol. The number of benzene rings is 1. The Hall–Kier alpha value is -1.91. The van der Waals surface area contributed by atoms with Gasteiger partial charge in [0.2, 0.25) is 0 Å². The van der Waals surface area contributed by atoms with Crippen LogP contribution in [0.3, 0.4) is 0 Å². The second kappa shape index (κ2) is 10.8. The van der Waals surface area contributed by atoms with Gasteiger partial charge < -0.3 is 20.5 Å². The lowest BCUT2D eigenvalue weighted by Gasteiger charge is -2.18. The van der Waals surface area contributed by atoms with E-state index in [1.807, 2.05) is 19.1 Å². The number of phenols is 1. The Labute approximate surface area is 140 Å². The average molecular weight is 321 g/mol. The summed E-state index contributed by atoms with van der Waals surface area (Å²) in [6, 6.07) is 5.83. The van der Waals surface area contributed by atoms with Crippen LogP contribution in [0.4, 0.5) is 0 Å². The van der Waals surface area contributed by atoms with Crippen LogP contribution in [0.1, 0.15) is 52.0 Å². The maximum atomic E-state index is 10.1. The highest BCUT2D eigenvalue weighted by atomic mass is 16.5. The number of methoxy groups -OCH3 is 1. The van der Waals surface area contributed by atoms with Crippen molar-refractivity contribution in [3.8, 4) is 11.5 Å². The largest absolute Gasteiger partial charge is 0.504 e. The first kappa shape index (κ1) is 19.1. The highest BCUT2D eigenvalue weighted by Crippen LogP contribution is 2.29. The molecule has 1 atom stereocenters. The van der Waals surface area contributed by atoms with Gasteiger partial charge in [-0.3, -0.25) is 0 Å². The number of aromatic hydroxyl groups is 1. The fourth-order valence-electron chi connectivity index (χ4n) is 2.35. The normalized spacial score (nSPS) is 12.8. The van der Waals surface area contributed by atoms with Crippen molar-refractivity contribution in [2.75, 3.05) is 13.7 Å². The van der Waals surface area contributed by atoms with Crippen molar-refractivity contribution >= 4 is 5.96 Å². The SMILES string of the molecule is CCCCCC(C)NC(=NCc1cccc(OC)c1O)NCC. The predicted molar refractivity (Wildman–Crippen MR) is 96.2 cm³/mol. The van der Waals surface area contributed by atoms with Gasteiger partial charge in [-0.2, -0.15) is 0 Å². The van der Waals surface area contributed by atoms with E-state index < -0.39 is 0 Å². The lowest BCUT2D eigenvalue weighted by molar-refractivity contribution is 0.370. The maximum Gasteiger partial charge on any atom is 0.191 e. The summed E-state index contributed by atoms with van der Waals surface area (Å²) in [5.74, 6) is 1.41. The maximum absolute atomic E-state index is 10.1. The summed E-state index contributed by atoms with van der Waals surface area (Å²) in [4.78, 5) is 4.57. The van der Waals surface area contributed by atoms with E-state index in [1.165, 1.54) is 19.3 Å². The van der Waals surface area contributed by atoms with Crippen LogP contribution in [0.25, 0.3) is 0 Å². The molecule has 0 heterocycles. The van der Waals surface area contributed by atoms with Crippen molar-refractivity contribution in [3.63, 3.8) is 0 Å². The van der Waals surface area contributed by atoms with E-state index in [0.717, 1.165) is 24.5 Å². The molecule has 1 unspecified atom stereocenters. The van der Waals surface area contributed by atoms with Gasteiger partial charge >= 0.3 is 0 Å². The van der Waals surface area contributed by atoms with Crippen LogP contribution in [0.15, 0.2) is 23.2 Å².